The molecule has 0 amide bonds. The van der Waals surface area contributed by atoms with Crippen LogP contribution >= 0.6 is 0 Å². The van der Waals surface area contributed by atoms with Gasteiger partial charge in [-0.05, 0) is 58.7 Å². The summed E-state index contributed by atoms with van der Waals surface area (Å²) in [7, 11) is 0. The zero-order chi connectivity index (χ0) is 21.8. The van der Waals surface area contributed by atoms with Gasteiger partial charge in [0.2, 0.25) is 0 Å². The molecule has 0 aromatic heterocycles. The van der Waals surface area contributed by atoms with Gasteiger partial charge in [-0.25, -0.2) is 4.79 Å². The van der Waals surface area contributed by atoms with Crippen molar-refractivity contribution in [2.45, 2.75) is 0 Å². The van der Waals surface area contributed by atoms with Gasteiger partial charge in [0.15, 0.2) is 11.6 Å². The van der Waals surface area contributed by atoms with E-state index in [1.165, 1.54) is 0 Å². The van der Waals surface area contributed by atoms with E-state index >= 15 is 0 Å². The van der Waals surface area contributed by atoms with Crippen molar-refractivity contribution in [2.24, 2.45) is 0 Å². The number of hydrogen-bond acceptors (Lipinski definition) is 5. The quantitative estimate of drug-likeness (QED) is 0.272. The molecular weight excluding hydrogens is 404 g/mol. The fourth-order valence-electron chi connectivity index (χ4n) is 4.02. The Morgan fingerprint density at radius 2 is 0.844 bits per heavy atom. The molecule has 0 radical (unpaired) electrons. The molecule has 8 rings (SSSR count). The van der Waals surface area contributed by atoms with E-state index in [0.29, 0.717) is 22.6 Å². The average molecular weight is 418 g/mol. The second-order valence-corrected chi connectivity index (χ2v) is 7.68. The lowest BCUT2D eigenvalue weighted by Crippen LogP contribution is -2.14. The smallest absolute Gasteiger partial charge is 0.395 e. The normalized spacial score (nSPS) is 12.6. The van der Waals surface area contributed by atoms with E-state index in [4.69, 9.17) is 9.47 Å². The third-order valence-electron chi connectivity index (χ3n) is 5.79. The maximum atomic E-state index is 12.2. The molecule has 0 N–H and O–H groups in total. The van der Waals surface area contributed by atoms with Gasteiger partial charge in [0, 0.05) is 22.3 Å². The first-order valence-electron chi connectivity index (χ1n) is 10.0. The van der Waals surface area contributed by atoms with Crippen LogP contribution in [-0.2, 0) is 0 Å². The third-order valence-corrected chi connectivity index (χ3v) is 5.79. The topological polar surface area (TPSA) is 69.7 Å². The zero-order valence-electron chi connectivity index (χ0n) is 16.6. The van der Waals surface area contributed by atoms with Crippen LogP contribution in [0.3, 0.4) is 0 Å². The molecule has 0 atom stereocenters. The van der Waals surface area contributed by atoms with Crippen molar-refractivity contribution >= 4 is 17.7 Å². The first-order valence-corrected chi connectivity index (χ1v) is 10.0. The number of carbonyl (C=O) groups is 3. The number of ketones is 2. The Hall–Kier alpha value is -4.51. The molecule has 0 aliphatic heterocycles. The van der Waals surface area contributed by atoms with Gasteiger partial charge in [-0.2, -0.15) is 0 Å². The Labute approximate surface area is 182 Å². The Morgan fingerprint density at radius 3 is 1.19 bits per heavy atom. The third kappa shape index (κ3) is 2.83. The number of carbonyl (C=O) groups excluding carboxylic acids is 3. The van der Waals surface area contributed by atoms with Crippen molar-refractivity contribution < 1.29 is 23.9 Å². The predicted molar refractivity (Wildman–Crippen MR) is 117 cm³/mol. The second-order valence-electron chi connectivity index (χ2n) is 7.68. The minimum atomic E-state index is -0.854. The lowest BCUT2D eigenvalue weighted by Gasteiger charge is -2.18. The van der Waals surface area contributed by atoms with Gasteiger partial charge in [-0.1, -0.05) is 48.5 Å². The Bertz CT molecular complexity index is 1330. The second kappa shape index (κ2) is 6.75. The van der Waals surface area contributed by atoms with Gasteiger partial charge in [0.05, 0.1) is 0 Å². The van der Waals surface area contributed by atoms with E-state index in [-0.39, 0.29) is 11.6 Å². The van der Waals surface area contributed by atoms with E-state index in [0.717, 1.165) is 33.4 Å². The van der Waals surface area contributed by atoms with E-state index < -0.39 is 6.16 Å². The predicted octanol–water partition coefficient (Wildman–Crippen LogP) is 5.69. The van der Waals surface area contributed by atoms with Gasteiger partial charge >= 0.3 is 6.16 Å². The van der Waals surface area contributed by atoms with Crippen LogP contribution in [0.25, 0.3) is 22.3 Å². The van der Waals surface area contributed by atoms with Crippen LogP contribution in [-0.4, -0.2) is 17.7 Å². The highest BCUT2D eigenvalue weighted by Gasteiger charge is 2.25. The average Bonchev–Trinajstić information content (AvgIpc) is 2.84. The maximum absolute atomic E-state index is 12.2. The first-order chi connectivity index (χ1) is 15.6. The summed E-state index contributed by atoms with van der Waals surface area (Å²) in [5, 5.41) is 0. The Morgan fingerprint density at radius 1 is 0.469 bits per heavy atom. The highest BCUT2D eigenvalue weighted by molar-refractivity contribution is 6.20. The fraction of sp³-hybridized carbons (Fsp3) is 0. The van der Waals surface area contributed by atoms with Gasteiger partial charge < -0.3 is 9.47 Å². The van der Waals surface area contributed by atoms with Crippen LogP contribution in [0.1, 0.15) is 31.8 Å². The molecule has 4 aromatic rings. The molecule has 4 bridgehead atoms. The lowest BCUT2D eigenvalue weighted by atomic mass is 9.84. The summed E-state index contributed by atoms with van der Waals surface area (Å²) >= 11 is 0. The molecule has 0 heterocycles. The molecule has 4 aliphatic rings. The van der Waals surface area contributed by atoms with Gasteiger partial charge in [-0.3, -0.25) is 9.59 Å². The van der Waals surface area contributed by atoms with Crippen LogP contribution in [0.4, 0.5) is 4.79 Å². The molecule has 0 saturated carbocycles. The molecule has 152 valence electrons. The molecule has 0 spiro atoms. The number of hydrogen-bond donors (Lipinski definition) is 0. The van der Waals surface area contributed by atoms with Crippen molar-refractivity contribution in [1.29, 1.82) is 0 Å². The summed E-state index contributed by atoms with van der Waals surface area (Å²) in [5.41, 5.74) is 6.33. The SMILES string of the molecule is O=C(Oc1ccc(-c2ccc3cc2C3=O)cc1)Oc1ccc(-c2ccc3cc2C3=O)cc1. The maximum Gasteiger partial charge on any atom is 0.519 e. The summed E-state index contributed by atoms with van der Waals surface area (Å²) in [6.07, 6.45) is -0.854. The number of fused-ring (bicyclic) bond motifs is 4. The molecule has 4 aliphatic carbocycles. The summed E-state index contributed by atoms with van der Waals surface area (Å²) in [6, 6.07) is 25.0. The van der Waals surface area contributed by atoms with Crippen LogP contribution in [0, 0.1) is 0 Å². The highest BCUT2D eigenvalue weighted by atomic mass is 16.7. The fourth-order valence-corrected chi connectivity index (χ4v) is 4.02. The highest BCUT2D eigenvalue weighted by Crippen LogP contribution is 2.35. The van der Waals surface area contributed by atoms with Crippen molar-refractivity contribution in [3.8, 4) is 33.8 Å². The summed E-state index contributed by atoms with van der Waals surface area (Å²) < 4.78 is 10.5. The molecule has 0 unspecified atom stereocenters. The largest absolute Gasteiger partial charge is 0.519 e. The monoisotopic (exact) mass is 418 g/mol. The van der Waals surface area contributed by atoms with E-state index in [1.807, 2.05) is 24.3 Å². The molecule has 4 aromatic carbocycles. The Kier molecular flexibility index (Phi) is 3.86. The lowest BCUT2D eigenvalue weighted by molar-refractivity contribution is 0.101. The minimum absolute atomic E-state index is 0.0643. The molecule has 0 fully saturated rings. The van der Waals surface area contributed by atoms with Crippen molar-refractivity contribution in [2.75, 3.05) is 0 Å². The van der Waals surface area contributed by atoms with E-state index in [1.54, 1.807) is 60.7 Å². The summed E-state index contributed by atoms with van der Waals surface area (Å²) in [6.45, 7) is 0. The van der Waals surface area contributed by atoms with Gasteiger partial charge in [0.1, 0.15) is 11.5 Å². The van der Waals surface area contributed by atoms with Crippen LogP contribution in [0.5, 0.6) is 11.5 Å². The van der Waals surface area contributed by atoms with Crippen molar-refractivity contribution in [1.82, 2.24) is 0 Å². The standard InChI is InChI=1S/C27H14O5/c28-25-17-5-11-21(23(25)13-17)15-1-7-19(8-2-15)31-27(30)32-20-9-3-16(4-10-20)22-12-6-18-14-24(22)26(18)29/h1-14H. The summed E-state index contributed by atoms with van der Waals surface area (Å²) in [4.78, 5) is 35.9. The van der Waals surface area contributed by atoms with Crippen LogP contribution in [0.15, 0.2) is 84.9 Å². The molecule has 32 heavy (non-hydrogen) atoms. The number of ether oxygens (including phenoxy) is 2. The van der Waals surface area contributed by atoms with Crippen LogP contribution < -0.4 is 9.47 Å². The van der Waals surface area contributed by atoms with Gasteiger partial charge in [0.25, 0.3) is 0 Å². The zero-order valence-corrected chi connectivity index (χ0v) is 16.6. The number of rotatable bonds is 4. The first kappa shape index (κ1) is 18.3. The van der Waals surface area contributed by atoms with Crippen molar-refractivity contribution in [3.05, 3.63) is 107 Å². The van der Waals surface area contributed by atoms with Gasteiger partial charge in [-0.15, -0.1) is 0 Å². The molecule has 5 heteroatoms. The molecule has 0 saturated heterocycles. The van der Waals surface area contributed by atoms with E-state index in [9.17, 15) is 14.4 Å². The number of benzene rings is 4. The Balaban J connectivity index is 1.12. The van der Waals surface area contributed by atoms with Crippen molar-refractivity contribution in [3.63, 3.8) is 0 Å². The molecule has 5 nitrogen and oxygen atoms in total. The summed E-state index contributed by atoms with van der Waals surface area (Å²) in [5.74, 6) is 0.800. The van der Waals surface area contributed by atoms with E-state index in [2.05, 4.69) is 0 Å². The van der Waals surface area contributed by atoms with Crippen LogP contribution in [0.2, 0.25) is 0 Å². The minimum Gasteiger partial charge on any atom is -0.395 e. The molecular formula is C27H14O5.